The zero-order chi connectivity index (χ0) is 17.2. The van der Waals surface area contributed by atoms with Crippen LogP contribution in [0, 0.1) is 18.8 Å². The first kappa shape index (κ1) is 16.2. The Hall–Kier alpha value is -2.30. The molecule has 5 nitrogen and oxygen atoms in total. The fraction of sp³-hybridized carbons (Fsp3) is 0.500. The van der Waals surface area contributed by atoms with E-state index < -0.39 is 0 Å². The van der Waals surface area contributed by atoms with Crippen LogP contribution in [0.15, 0.2) is 36.7 Å². The van der Waals surface area contributed by atoms with Crippen LogP contribution in [0.4, 0.5) is 0 Å². The number of hydrogen-bond acceptors (Lipinski definition) is 3. The third kappa shape index (κ3) is 3.41. The molecule has 0 N–H and O–H groups in total. The van der Waals surface area contributed by atoms with Gasteiger partial charge in [-0.25, -0.2) is 4.98 Å². The molecule has 1 atom stereocenters. The van der Waals surface area contributed by atoms with Gasteiger partial charge in [0.25, 0.3) is 0 Å². The molecule has 1 unspecified atom stereocenters. The van der Waals surface area contributed by atoms with Crippen LogP contribution in [0.2, 0.25) is 0 Å². The van der Waals surface area contributed by atoms with E-state index in [1.54, 1.807) is 0 Å². The van der Waals surface area contributed by atoms with Gasteiger partial charge in [0.15, 0.2) is 0 Å². The number of aromatic nitrogens is 2. The van der Waals surface area contributed by atoms with Gasteiger partial charge in [-0.3, -0.25) is 4.79 Å². The highest BCUT2D eigenvalue weighted by molar-refractivity contribution is 5.80. The lowest BCUT2D eigenvalue weighted by Gasteiger charge is -2.35. The second kappa shape index (κ2) is 6.90. The summed E-state index contributed by atoms with van der Waals surface area (Å²) in [5.74, 6) is 2.84. The summed E-state index contributed by atoms with van der Waals surface area (Å²) in [6.45, 7) is 5.27. The summed E-state index contributed by atoms with van der Waals surface area (Å²) in [5, 5.41) is 0. The van der Waals surface area contributed by atoms with Gasteiger partial charge in [-0.1, -0.05) is 18.2 Å². The lowest BCUT2D eigenvalue weighted by molar-refractivity contribution is -0.138. The monoisotopic (exact) mass is 339 g/mol. The van der Waals surface area contributed by atoms with Gasteiger partial charge in [0, 0.05) is 32.0 Å². The van der Waals surface area contributed by atoms with E-state index in [0.717, 1.165) is 56.0 Å². The summed E-state index contributed by atoms with van der Waals surface area (Å²) in [7, 11) is 0. The number of ether oxygens (including phenoxy) is 1. The van der Waals surface area contributed by atoms with E-state index in [0.29, 0.717) is 12.5 Å². The molecule has 2 aromatic rings. The highest BCUT2D eigenvalue weighted by Crippen LogP contribution is 2.29. The quantitative estimate of drug-likeness (QED) is 0.864. The Balaban J connectivity index is 1.32. The molecule has 0 spiro atoms. The number of aryl methyl sites for hydroxylation is 1. The predicted octanol–water partition coefficient (Wildman–Crippen LogP) is 2.68. The Bertz CT molecular complexity index is 747. The van der Waals surface area contributed by atoms with Gasteiger partial charge in [-0.05, 0) is 43.7 Å². The maximum absolute atomic E-state index is 12.9. The predicted molar refractivity (Wildman–Crippen MR) is 95.4 cm³/mol. The van der Waals surface area contributed by atoms with Crippen molar-refractivity contribution in [1.82, 2.24) is 14.5 Å². The number of hydrogen-bond donors (Lipinski definition) is 0. The zero-order valence-corrected chi connectivity index (χ0v) is 14.7. The van der Waals surface area contributed by atoms with Crippen molar-refractivity contribution in [2.24, 2.45) is 11.8 Å². The molecular weight excluding hydrogens is 314 g/mol. The Morgan fingerprint density at radius 1 is 1.28 bits per heavy atom. The molecule has 5 heteroatoms. The van der Waals surface area contributed by atoms with Crippen LogP contribution in [-0.4, -0.2) is 40.1 Å². The molecule has 2 aliphatic rings. The number of rotatable bonds is 3. The second-order valence-electron chi connectivity index (χ2n) is 7.22. The standard InChI is InChI=1S/C20H25N3O2/c1-15-21-8-11-23(15)13-16-6-9-22(10-7-16)20(24)18-12-17-4-2-3-5-19(17)25-14-18/h2-5,8,11,16,18H,6-7,9-10,12-14H2,1H3. The largest absolute Gasteiger partial charge is 0.492 e. The van der Waals surface area contributed by atoms with Gasteiger partial charge >= 0.3 is 0 Å². The fourth-order valence-electron chi connectivity index (χ4n) is 3.96. The summed E-state index contributed by atoms with van der Waals surface area (Å²) < 4.78 is 8.01. The molecule has 1 aromatic carbocycles. The average Bonchev–Trinajstić information content (AvgIpc) is 3.06. The van der Waals surface area contributed by atoms with Crippen LogP contribution in [0.3, 0.4) is 0 Å². The number of carbonyl (C=O) groups excluding carboxylic acids is 1. The van der Waals surface area contributed by atoms with Gasteiger partial charge in [0.1, 0.15) is 18.2 Å². The van der Waals surface area contributed by atoms with Crippen LogP contribution in [-0.2, 0) is 17.8 Å². The van der Waals surface area contributed by atoms with Crippen LogP contribution in [0.25, 0.3) is 0 Å². The van der Waals surface area contributed by atoms with E-state index in [1.807, 2.05) is 42.4 Å². The third-order valence-electron chi connectivity index (χ3n) is 5.53. The van der Waals surface area contributed by atoms with Crippen molar-refractivity contribution in [2.75, 3.05) is 19.7 Å². The molecule has 132 valence electrons. The number of nitrogens with zero attached hydrogens (tertiary/aromatic N) is 3. The Kier molecular flexibility index (Phi) is 4.47. The van der Waals surface area contributed by atoms with E-state index in [9.17, 15) is 4.79 Å². The molecule has 4 rings (SSSR count). The van der Waals surface area contributed by atoms with Crippen molar-refractivity contribution in [1.29, 1.82) is 0 Å². The van der Waals surface area contributed by atoms with Crippen LogP contribution in [0.1, 0.15) is 24.2 Å². The maximum atomic E-state index is 12.9. The van der Waals surface area contributed by atoms with Crippen molar-refractivity contribution in [2.45, 2.75) is 32.7 Å². The highest BCUT2D eigenvalue weighted by Gasteiger charge is 2.31. The Morgan fingerprint density at radius 2 is 2.08 bits per heavy atom. The number of para-hydroxylation sites is 1. The molecule has 0 bridgehead atoms. The number of amides is 1. The van der Waals surface area contributed by atoms with Crippen molar-refractivity contribution in [3.05, 3.63) is 48.0 Å². The molecule has 0 saturated carbocycles. The topological polar surface area (TPSA) is 47.4 Å². The van der Waals surface area contributed by atoms with E-state index in [2.05, 4.69) is 15.6 Å². The minimum Gasteiger partial charge on any atom is -0.492 e. The van der Waals surface area contributed by atoms with Gasteiger partial charge in [-0.2, -0.15) is 0 Å². The summed E-state index contributed by atoms with van der Waals surface area (Å²) >= 11 is 0. The van der Waals surface area contributed by atoms with Gasteiger partial charge < -0.3 is 14.2 Å². The molecule has 25 heavy (non-hydrogen) atoms. The van der Waals surface area contributed by atoms with Crippen molar-refractivity contribution < 1.29 is 9.53 Å². The molecule has 1 fully saturated rings. The molecule has 0 radical (unpaired) electrons. The average molecular weight is 339 g/mol. The zero-order valence-electron chi connectivity index (χ0n) is 14.7. The number of likely N-dealkylation sites (tertiary alicyclic amines) is 1. The van der Waals surface area contributed by atoms with E-state index in [4.69, 9.17) is 4.74 Å². The first-order valence-corrected chi connectivity index (χ1v) is 9.18. The lowest BCUT2D eigenvalue weighted by Crippen LogP contribution is -2.45. The maximum Gasteiger partial charge on any atom is 0.229 e. The summed E-state index contributed by atoms with van der Waals surface area (Å²) in [5.41, 5.74) is 1.15. The molecule has 3 heterocycles. The van der Waals surface area contributed by atoms with Gasteiger partial charge in [-0.15, -0.1) is 0 Å². The second-order valence-corrected chi connectivity index (χ2v) is 7.22. The molecule has 1 aromatic heterocycles. The number of benzene rings is 1. The fourth-order valence-corrected chi connectivity index (χ4v) is 3.96. The molecule has 1 saturated heterocycles. The van der Waals surface area contributed by atoms with Crippen molar-refractivity contribution in [3.8, 4) is 5.75 Å². The molecule has 2 aliphatic heterocycles. The van der Waals surface area contributed by atoms with Crippen LogP contribution in [0.5, 0.6) is 5.75 Å². The Morgan fingerprint density at radius 3 is 2.84 bits per heavy atom. The molecule has 1 amide bonds. The minimum atomic E-state index is -0.0395. The van der Waals surface area contributed by atoms with Crippen molar-refractivity contribution >= 4 is 5.91 Å². The summed E-state index contributed by atoms with van der Waals surface area (Å²) in [6.07, 6.45) is 6.82. The van der Waals surface area contributed by atoms with E-state index in [1.165, 1.54) is 0 Å². The number of imidazole rings is 1. The highest BCUT2D eigenvalue weighted by atomic mass is 16.5. The summed E-state index contributed by atoms with van der Waals surface area (Å²) in [6, 6.07) is 8.04. The van der Waals surface area contributed by atoms with Crippen molar-refractivity contribution in [3.63, 3.8) is 0 Å². The third-order valence-corrected chi connectivity index (χ3v) is 5.53. The number of piperidine rings is 1. The minimum absolute atomic E-state index is 0.0395. The Labute approximate surface area is 148 Å². The van der Waals surface area contributed by atoms with Crippen LogP contribution >= 0.6 is 0 Å². The van der Waals surface area contributed by atoms with Gasteiger partial charge in [0.2, 0.25) is 5.91 Å². The van der Waals surface area contributed by atoms with Crippen LogP contribution < -0.4 is 4.74 Å². The number of fused-ring (bicyclic) bond motifs is 1. The van der Waals surface area contributed by atoms with Gasteiger partial charge in [0.05, 0.1) is 5.92 Å². The molecular formula is C20H25N3O2. The van der Waals surface area contributed by atoms with E-state index in [-0.39, 0.29) is 11.8 Å². The lowest BCUT2D eigenvalue weighted by atomic mass is 9.92. The van der Waals surface area contributed by atoms with E-state index >= 15 is 0 Å². The summed E-state index contributed by atoms with van der Waals surface area (Å²) in [4.78, 5) is 19.2. The first-order chi connectivity index (χ1) is 12.2. The number of carbonyl (C=O) groups is 1. The SMILES string of the molecule is Cc1nccn1CC1CCN(C(=O)C2COc3ccccc3C2)CC1. The molecule has 0 aliphatic carbocycles. The smallest absolute Gasteiger partial charge is 0.229 e. The normalized spacial score (nSPS) is 20.8. The first-order valence-electron chi connectivity index (χ1n) is 9.18.